The van der Waals surface area contributed by atoms with Gasteiger partial charge in [-0.1, -0.05) is 19.1 Å². The molecule has 0 radical (unpaired) electrons. The number of carbonyl (C=O) groups is 1. The molecule has 1 unspecified atom stereocenters. The number of rotatable bonds is 4. The van der Waals surface area contributed by atoms with E-state index < -0.39 is 0 Å². The van der Waals surface area contributed by atoms with Crippen LogP contribution in [0.2, 0.25) is 0 Å². The molecular weight excluding hydrogens is 415 g/mol. The smallest absolute Gasteiger partial charge is 0.253 e. The Morgan fingerprint density at radius 3 is 2.82 bits per heavy atom. The first-order valence-corrected chi connectivity index (χ1v) is 7.29. The second kappa shape index (κ2) is 6.65. The Morgan fingerprint density at radius 2 is 2.29 bits per heavy atom. The minimum absolute atomic E-state index is 0.171. The second-order valence-corrected chi connectivity index (χ2v) is 6.03. The minimum Gasteiger partial charge on any atom is -0.392 e. The highest BCUT2D eigenvalue weighted by Crippen LogP contribution is 2.19. The van der Waals surface area contributed by atoms with Crippen LogP contribution in [0.4, 0.5) is 0 Å². The fourth-order valence-corrected chi connectivity index (χ4v) is 2.43. The third-order valence-corrected chi connectivity index (χ3v) is 3.88. The van der Waals surface area contributed by atoms with Crippen LogP contribution in [-0.4, -0.2) is 16.9 Å². The predicted molar refractivity (Wildman–Crippen MR) is 85.2 cm³/mol. The minimum atomic E-state index is -0.262. The molecule has 1 amide bonds. The van der Waals surface area contributed by atoms with Crippen molar-refractivity contribution >= 4 is 61.6 Å². The van der Waals surface area contributed by atoms with Crippen LogP contribution in [-0.2, 0) is 0 Å². The predicted octanol–water partition coefficient (Wildman–Crippen LogP) is 2.85. The molecule has 1 rings (SSSR count). The SMILES string of the molecule is CCC(NC(=O)c1cc(I)ccc1Br)C(N)=S. The number of hydrogen-bond acceptors (Lipinski definition) is 2. The molecule has 0 saturated carbocycles. The summed E-state index contributed by atoms with van der Waals surface area (Å²) >= 11 is 10.4. The van der Waals surface area contributed by atoms with Gasteiger partial charge in [-0.25, -0.2) is 0 Å². The summed E-state index contributed by atoms with van der Waals surface area (Å²) in [6.45, 7) is 1.92. The maximum atomic E-state index is 12.0. The summed E-state index contributed by atoms with van der Waals surface area (Å²) in [5.74, 6) is -0.171. The third-order valence-electron chi connectivity index (χ3n) is 2.23. The molecule has 3 N–H and O–H groups in total. The Balaban J connectivity index is 2.89. The number of benzene rings is 1. The first kappa shape index (κ1) is 14.8. The molecule has 6 heteroatoms. The first-order valence-electron chi connectivity index (χ1n) is 5.01. The van der Waals surface area contributed by atoms with Gasteiger partial charge in [-0.2, -0.15) is 0 Å². The number of carbonyl (C=O) groups excluding carboxylic acids is 1. The van der Waals surface area contributed by atoms with Crippen molar-refractivity contribution < 1.29 is 4.79 Å². The summed E-state index contributed by atoms with van der Waals surface area (Å²) in [5, 5.41) is 2.81. The highest BCUT2D eigenvalue weighted by Gasteiger charge is 2.16. The van der Waals surface area contributed by atoms with E-state index in [1.54, 1.807) is 0 Å². The molecule has 3 nitrogen and oxygen atoms in total. The summed E-state index contributed by atoms with van der Waals surface area (Å²) in [6, 6.07) is 5.32. The number of halogens is 2. The van der Waals surface area contributed by atoms with Crippen molar-refractivity contribution in [3.05, 3.63) is 31.8 Å². The van der Waals surface area contributed by atoms with Crippen LogP contribution < -0.4 is 11.1 Å². The van der Waals surface area contributed by atoms with Gasteiger partial charge in [0.05, 0.1) is 16.6 Å². The van der Waals surface area contributed by atoms with E-state index in [0.29, 0.717) is 17.0 Å². The molecule has 1 aromatic carbocycles. The Bertz CT molecular complexity index is 453. The van der Waals surface area contributed by atoms with Gasteiger partial charge in [0.1, 0.15) is 0 Å². The zero-order valence-corrected chi connectivity index (χ0v) is 13.7. The van der Waals surface area contributed by atoms with Crippen molar-refractivity contribution in [2.45, 2.75) is 19.4 Å². The van der Waals surface area contributed by atoms with Gasteiger partial charge in [-0.3, -0.25) is 4.79 Å². The zero-order valence-electron chi connectivity index (χ0n) is 9.17. The molecule has 17 heavy (non-hydrogen) atoms. The van der Waals surface area contributed by atoms with E-state index in [1.807, 2.05) is 25.1 Å². The van der Waals surface area contributed by atoms with Crippen LogP contribution >= 0.6 is 50.7 Å². The fourth-order valence-electron chi connectivity index (χ4n) is 1.28. The highest BCUT2D eigenvalue weighted by atomic mass is 127. The standard InChI is InChI=1S/C11H12BrIN2OS/c1-2-9(10(14)17)15-11(16)7-5-6(13)3-4-8(7)12/h3-5,9H,2H2,1H3,(H2,14,17)(H,15,16). The quantitative estimate of drug-likeness (QED) is 0.575. The molecule has 1 aromatic rings. The lowest BCUT2D eigenvalue weighted by Gasteiger charge is -2.16. The van der Waals surface area contributed by atoms with Gasteiger partial charge in [-0.05, 0) is 63.1 Å². The Labute approximate surface area is 128 Å². The van der Waals surface area contributed by atoms with Crippen LogP contribution in [0.25, 0.3) is 0 Å². The van der Waals surface area contributed by atoms with Crippen molar-refractivity contribution in [1.82, 2.24) is 5.32 Å². The van der Waals surface area contributed by atoms with Crippen LogP contribution in [0.15, 0.2) is 22.7 Å². The summed E-state index contributed by atoms with van der Waals surface area (Å²) in [5.41, 5.74) is 6.13. The third kappa shape index (κ3) is 4.18. The van der Waals surface area contributed by atoms with E-state index in [-0.39, 0.29) is 11.9 Å². The maximum absolute atomic E-state index is 12.0. The molecule has 0 aromatic heterocycles. The van der Waals surface area contributed by atoms with Gasteiger partial charge < -0.3 is 11.1 Å². The molecule has 92 valence electrons. The molecule has 0 fully saturated rings. The van der Waals surface area contributed by atoms with Gasteiger partial charge in [-0.15, -0.1) is 0 Å². The molecule has 0 aliphatic carbocycles. The lowest BCUT2D eigenvalue weighted by Crippen LogP contribution is -2.43. The van der Waals surface area contributed by atoms with Crippen molar-refractivity contribution in [2.75, 3.05) is 0 Å². The molecule has 0 saturated heterocycles. The Morgan fingerprint density at radius 1 is 1.65 bits per heavy atom. The average Bonchev–Trinajstić information content (AvgIpc) is 2.28. The lowest BCUT2D eigenvalue weighted by molar-refractivity contribution is 0.0945. The molecule has 0 aliphatic heterocycles. The topological polar surface area (TPSA) is 55.1 Å². The van der Waals surface area contributed by atoms with Crippen molar-refractivity contribution in [3.8, 4) is 0 Å². The molecular formula is C11H12BrIN2OS. The van der Waals surface area contributed by atoms with Crippen molar-refractivity contribution in [1.29, 1.82) is 0 Å². The highest BCUT2D eigenvalue weighted by molar-refractivity contribution is 14.1. The van der Waals surface area contributed by atoms with E-state index in [4.69, 9.17) is 18.0 Å². The molecule has 1 atom stereocenters. The summed E-state index contributed by atoms with van der Waals surface area (Å²) in [7, 11) is 0. The van der Waals surface area contributed by atoms with E-state index in [1.165, 1.54) is 0 Å². The van der Waals surface area contributed by atoms with Gasteiger partial charge in [0.2, 0.25) is 0 Å². The number of nitrogens with one attached hydrogen (secondary N) is 1. The largest absolute Gasteiger partial charge is 0.392 e. The van der Waals surface area contributed by atoms with Gasteiger partial charge in [0, 0.05) is 8.04 Å². The second-order valence-electron chi connectivity index (χ2n) is 3.46. The Hall–Kier alpha value is -0.210. The molecule has 0 aliphatic rings. The lowest BCUT2D eigenvalue weighted by atomic mass is 10.1. The van der Waals surface area contributed by atoms with Crippen LogP contribution in [0.1, 0.15) is 23.7 Å². The van der Waals surface area contributed by atoms with E-state index in [9.17, 15) is 4.79 Å². The van der Waals surface area contributed by atoms with Crippen molar-refractivity contribution in [3.63, 3.8) is 0 Å². The first-order chi connectivity index (χ1) is 7.95. The molecule has 0 bridgehead atoms. The maximum Gasteiger partial charge on any atom is 0.253 e. The van der Waals surface area contributed by atoms with Crippen LogP contribution in [0.5, 0.6) is 0 Å². The van der Waals surface area contributed by atoms with E-state index >= 15 is 0 Å². The fraction of sp³-hybridized carbons (Fsp3) is 0.273. The number of amides is 1. The van der Waals surface area contributed by atoms with E-state index in [2.05, 4.69) is 43.8 Å². The monoisotopic (exact) mass is 426 g/mol. The molecule has 0 spiro atoms. The van der Waals surface area contributed by atoms with Gasteiger partial charge in [0.25, 0.3) is 5.91 Å². The number of nitrogens with two attached hydrogens (primary N) is 1. The van der Waals surface area contributed by atoms with Gasteiger partial charge >= 0.3 is 0 Å². The van der Waals surface area contributed by atoms with Crippen LogP contribution in [0.3, 0.4) is 0 Å². The normalized spacial score (nSPS) is 11.9. The van der Waals surface area contributed by atoms with Crippen LogP contribution in [0, 0.1) is 3.57 Å². The van der Waals surface area contributed by atoms with Crippen molar-refractivity contribution in [2.24, 2.45) is 5.73 Å². The van der Waals surface area contributed by atoms with Gasteiger partial charge in [0.15, 0.2) is 0 Å². The van der Waals surface area contributed by atoms with E-state index in [0.717, 1.165) is 8.04 Å². The summed E-state index contributed by atoms with van der Waals surface area (Å²) < 4.78 is 1.76. The summed E-state index contributed by atoms with van der Waals surface area (Å²) in [4.78, 5) is 12.3. The number of thiocarbonyl (C=S) groups is 1. The average molecular weight is 427 g/mol. The summed E-state index contributed by atoms with van der Waals surface area (Å²) in [6.07, 6.45) is 0.683. The Kier molecular flexibility index (Phi) is 5.81. The molecule has 0 heterocycles. The number of hydrogen-bond donors (Lipinski definition) is 2. The zero-order chi connectivity index (χ0) is 13.0.